The van der Waals surface area contributed by atoms with E-state index in [4.69, 9.17) is 12.2 Å². The second kappa shape index (κ2) is 6.16. The van der Waals surface area contributed by atoms with Gasteiger partial charge in [-0.1, -0.05) is 24.6 Å². The smallest absolute Gasteiger partial charge is 0.169 e. The zero-order valence-electron chi connectivity index (χ0n) is 13.4. The van der Waals surface area contributed by atoms with E-state index in [2.05, 4.69) is 16.3 Å². The van der Waals surface area contributed by atoms with Crippen LogP contribution in [0.4, 0.5) is 0 Å². The lowest BCUT2D eigenvalue weighted by Gasteiger charge is -2.33. The van der Waals surface area contributed by atoms with E-state index in [0.717, 1.165) is 36.5 Å². The van der Waals surface area contributed by atoms with E-state index in [9.17, 15) is 5.11 Å². The fourth-order valence-electron chi connectivity index (χ4n) is 4.46. The number of hydrogen-bond acceptors (Lipinski definition) is 2. The van der Waals surface area contributed by atoms with E-state index in [-0.39, 0.29) is 0 Å². The highest BCUT2D eigenvalue weighted by Gasteiger charge is 2.40. The highest BCUT2D eigenvalue weighted by Crippen LogP contribution is 2.44. The van der Waals surface area contributed by atoms with Gasteiger partial charge >= 0.3 is 0 Å². The summed E-state index contributed by atoms with van der Waals surface area (Å²) in [7, 11) is 0. The molecule has 1 aliphatic heterocycles. The van der Waals surface area contributed by atoms with Crippen molar-refractivity contribution in [1.82, 2.24) is 10.2 Å². The predicted molar refractivity (Wildman–Crippen MR) is 97.2 cm³/mol. The van der Waals surface area contributed by atoms with Crippen LogP contribution in [0.15, 0.2) is 30.3 Å². The summed E-state index contributed by atoms with van der Waals surface area (Å²) in [6, 6.07) is 8.10. The van der Waals surface area contributed by atoms with Crippen molar-refractivity contribution in [2.45, 2.75) is 38.1 Å². The number of nitrogens with zero attached hydrogens (tertiary/aromatic N) is 1. The molecule has 2 aliphatic carbocycles. The summed E-state index contributed by atoms with van der Waals surface area (Å²) >= 11 is 5.65. The number of benzene rings is 1. The third kappa shape index (κ3) is 3.09. The van der Waals surface area contributed by atoms with E-state index in [0.29, 0.717) is 11.8 Å². The van der Waals surface area contributed by atoms with Crippen molar-refractivity contribution in [3.05, 3.63) is 35.9 Å². The second-order valence-electron chi connectivity index (χ2n) is 7.20. The van der Waals surface area contributed by atoms with Crippen molar-refractivity contribution in [3.63, 3.8) is 0 Å². The Balaban J connectivity index is 1.35. The number of fused-ring (bicyclic) bond motifs is 2. The minimum absolute atomic E-state index is 0.322. The molecule has 3 aliphatic rings. The van der Waals surface area contributed by atoms with Crippen LogP contribution in [0, 0.1) is 11.8 Å². The van der Waals surface area contributed by atoms with Crippen LogP contribution >= 0.6 is 12.2 Å². The summed E-state index contributed by atoms with van der Waals surface area (Å²) in [5.41, 5.74) is 2.55. The highest BCUT2D eigenvalue weighted by atomic mass is 32.1. The van der Waals surface area contributed by atoms with Crippen molar-refractivity contribution in [3.8, 4) is 5.75 Å². The molecule has 2 saturated carbocycles. The van der Waals surface area contributed by atoms with Gasteiger partial charge in [0.25, 0.3) is 0 Å². The molecule has 4 heteroatoms. The van der Waals surface area contributed by atoms with E-state index in [1.807, 2.05) is 12.1 Å². The van der Waals surface area contributed by atoms with Crippen LogP contribution in [0.2, 0.25) is 0 Å². The number of hydrogen-bond donors (Lipinski definition) is 2. The van der Waals surface area contributed by atoms with Gasteiger partial charge in [-0.2, -0.15) is 0 Å². The number of nitrogens with one attached hydrogen (secondary N) is 1. The maximum absolute atomic E-state index is 9.40. The molecule has 23 heavy (non-hydrogen) atoms. The molecule has 0 unspecified atom stereocenters. The topological polar surface area (TPSA) is 35.5 Å². The summed E-state index contributed by atoms with van der Waals surface area (Å²) in [6.45, 7) is 1.85. The van der Waals surface area contributed by atoms with E-state index in [1.54, 1.807) is 12.1 Å². The summed E-state index contributed by atoms with van der Waals surface area (Å²) in [4.78, 5) is 2.28. The van der Waals surface area contributed by atoms with Crippen molar-refractivity contribution in [2.75, 3.05) is 13.1 Å². The van der Waals surface area contributed by atoms with Crippen LogP contribution in [0.1, 0.15) is 37.7 Å². The molecule has 0 amide bonds. The van der Waals surface area contributed by atoms with Gasteiger partial charge in [0.1, 0.15) is 5.75 Å². The first-order chi connectivity index (χ1) is 11.2. The van der Waals surface area contributed by atoms with E-state index < -0.39 is 0 Å². The minimum Gasteiger partial charge on any atom is -0.508 e. The third-order valence-electron chi connectivity index (χ3n) is 5.78. The lowest BCUT2D eigenvalue weighted by molar-refractivity contribution is 0.367. The molecule has 2 N–H and O–H groups in total. The molecule has 1 aromatic carbocycles. The second-order valence-corrected chi connectivity index (χ2v) is 7.59. The van der Waals surface area contributed by atoms with Gasteiger partial charge in [0.15, 0.2) is 5.11 Å². The molecule has 0 saturated heterocycles. The zero-order chi connectivity index (χ0) is 15.8. The maximum Gasteiger partial charge on any atom is 0.169 e. The van der Waals surface area contributed by atoms with Gasteiger partial charge in [-0.3, -0.25) is 0 Å². The average Bonchev–Trinajstić information content (AvgIpc) is 3.18. The van der Waals surface area contributed by atoms with Crippen molar-refractivity contribution in [2.24, 2.45) is 11.8 Å². The molecule has 2 fully saturated rings. The van der Waals surface area contributed by atoms with Gasteiger partial charge in [0.05, 0.1) is 0 Å². The van der Waals surface area contributed by atoms with Gasteiger partial charge in [-0.25, -0.2) is 0 Å². The van der Waals surface area contributed by atoms with Crippen LogP contribution in [0.3, 0.4) is 0 Å². The monoisotopic (exact) mass is 328 g/mol. The van der Waals surface area contributed by atoms with Gasteiger partial charge in [-0.05, 0) is 73.0 Å². The van der Waals surface area contributed by atoms with E-state index >= 15 is 0 Å². The molecule has 3 atom stereocenters. The normalized spacial score (nSPS) is 29.5. The Labute approximate surface area is 143 Å². The van der Waals surface area contributed by atoms with Gasteiger partial charge in [-0.15, -0.1) is 0 Å². The summed E-state index contributed by atoms with van der Waals surface area (Å²) in [6.07, 6.45) is 8.81. The van der Waals surface area contributed by atoms with E-state index in [1.165, 1.54) is 36.8 Å². The number of phenolic OH excluding ortho intramolecular Hbond substituents is 1. The van der Waals surface area contributed by atoms with Crippen LogP contribution in [-0.2, 0) is 0 Å². The first kappa shape index (κ1) is 15.0. The Morgan fingerprint density at radius 1 is 1.17 bits per heavy atom. The molecule has 1 heterocycles. The number of thiocarbonyl (C=S) groups is 1. The predicted octanol–water partition coefficient (Wildman–Crippen LogP) is 3.54. The average molecular weight is 328 g/mol. The van der Waals surface area contributed by atoms with Crippen LogP contribution in [-0.4, -0.2) is 34.3 Å². The van der Waals surface area contributed by atoms with Crippen molar-refractivity contribution >= 4 is 22.9 Å². The Hall–Kier alpha value is -1.55. The first-order valence-electron chi connectivity index (χ1n) is 8.73. The standard InChI is InChI=1S/C19H24N2OS/c22-17-5-3-14(4-6-17)15-7-9-21(10-8-15)19(23)20-18-12-13-1-2-16(18)11-13/h3-7,13,16,18,22H,1-2,8-12H2,(H,20,23)/t13-,16-,18+/m0/s1. The lowest BCUT2D eigenvalue weighted by Crippen LogP contribution is -2.47. The molecule has 0 aromatic heterocycles. The number of aromatic hydroxyl groups is 1. The molecule has 2 bridgehead atoms. The quantitative estimate of drug-likeness (QED) is 0.814. The van der Waals surface area contributed by atoms with Crippen LogP contribution in [0.25, 0.3) is 5.57 Å². The fourth-order valence-corrected chi connectivity index (χ4v) is 4.78. The molecule has 0 radical (unpaired) electrons. The largest absolute Gasteiger partial charge is 0.508 e. The fraction of sp³-hybridized carbons (Fsp3) is 0.526. The van der Waals surface area contributed by atoms with Gasteiger partial charge in [0.2, 0.25) is 0 Å². The van der Waals surface area contributed by atoms with Crippen molar-refractivity contribution < 1.29 is 5.11 Å². The van der Waals surface area contributed by atoms with Crippen LogP contribution in [0.5, 0.6) is 5.75 Å². The Morgan fingerprint density at radius 3 is 2.61 bits per heavy atom. The molecular formula is C19H24N2OS. The molecule has 3 nitrogen and oxygen atoms in total. The van der Waals surface area contributed by atoms with Crippen molar-refractivity contribution in [1.29, 1.82) is 0 Å². The van der Waals surface area contributed by atoms with Gasteiger partial charge in [0, 0.05) is 19.1 Å². The summed E-state index contributed by atoms with van der Waals surface area (Å²) < 4.78 is 0. The molecular weight excluding hydrogens is 304 g/mol. The molecule has 4 rings (SSSR count). The SMILES string of the molecule is Oc1ccc(C2=CCN(C(=S)N[C@@H]3C[C@H]4CC[C@H]3C4)CC2)cc1. The van der Waals surface area contributed by atoms with Crippen LogP contribution < -0.4 is 5.32 Å². The Kier molecular flexibility index (Phi) is 4.02. The number of phenols is 1. The zero-order valence-corrected chi connectivity index (χ0v) is 14.2. The molecule has 0 spiro atoms. The summed E-state index contributed by atoms with van der Waals surface area (Å²) in [5.74, 6) is 2.12. The maximum atomic E-state index is 9.40. The van der Waals surface area contributed by atoms with Gasteiger partial charge < -0.3 is 15.3 Å². The molecule has 1 aromatic rings. The Morgan fingerprint density at radius 2 is 2.00 bits per heavy atom. The molecule has 122 valence electrons. The lowest BCUT2D eigenvalue weighted by atomic mass is 9.95. The third-order valence-corrected chi connectivity index (χ3v) is 6.16. The minimum atomic E-state index is 0.322. The highest BCUT2D eigenvalue weighted by molar-refractivity contribution is 7.80. The Bertz CT molecular complexity index is 625. The first-order valence-corrected chi connectivity index (χ1v) is 9.14. The summed E-state index contributed by atoms with van der Waals surface area (Å²) in [5, 5.41) is 14.0. The number of rotatable bonds is 2.